The summed E-state index contributed by atoms with van der Waals surface area (Å²) in [5.41, 5.74) is 0.859. The lowest BCUT2D eigenvalue weighted by atomic mass is 10.0. The van der Waals surface area contributed by atoms with Gasteiger partial charge in [0.2, 0.25) is 0 Å². The van der Waals surface area contributed by atoms with Crippen LogP contribution < -0.4 is 4.74 Å². The first kappa shape index (κ1) is 19.1. The minimum Gasteiger partial charge on any atom is -0.496 e. The summed E-state index contributed by atoms with van der Waals surface area (Å²) >= 11 is 0. The van der Waals surface area contributed by atoms with E-state index < -0.39 is 10.9 Å². The van der Waals surface area contributed by atoms with Crippen LogP contribution in [0.3, 0.4) is 0 Å². The Morgan fingerprint density at radius 1 is 1.44 bits per heavy atom. The third-order valence-corrected chi connectivity index (χ3v) is 4.69. The van der Waals surface area contributed by atoms with E-state index in [1.54, 1.807) is 19.2 Å². The number of hydrogen-bond acceptors (Lipinski definition) is 6. The van der Waals surface area contributed by atoms with E-state index in [2.05, 4.69) is 4.90 Å². The molecule has 8 nitrogen and oxygen atoms in total. The molecule has 1 heterocycles. The second-order valence-corrected chi connectivity index (χ2v) is 6.22. The van der Waals surface area contributed by atoms with Gasteiger partial charge in [-0.05, 0) is 38.5 Å². The number of nitrogens with zero attached hydrogens (tertiary/aromatic N) is 3. The molecule has 1 aliphatic heterocycles. The highest BCUT2D eigenvalue weighted by molar-refractivity contribution is 5.69. The number of hydrogen-bond donors (Lipinski definition) is 1. The molecular formula is C17H25N3O5. The fraction of sp³-hybridized carbons (Fsp3) is 0.588. The number of nitro groups is 1. The number of piperidine rings is 1. The lowest BCUT2D eigenvalue weighted by Crippen LogP contribution is -2.46. The van der Waals surface area contributed by atoms with Crippen molar-refractivity contribution in [2.24, 2.45) is 0 Å². The lowest BCUT2D eigenvalue weighted by Gasteiger charge is -2.37. The molecule has 0 spiro atoms. The molecule has 0 unspecified atom stereocenters. The molecule has 1 aliphatic rings. The number of methoxy groups -OCH3 is 1. The molecular weight excluding hydrogens is 326 g/mol. The zero-order chi connectivity index (χ0) is 18.4. The molecule has 25 heavy (non-hydrogen) atoms. The molecule has 0 saturated carbocycles. The van der Waals surface area contributed by atoms with E-state index in [0.29, 0.717) is 12.3 Å². The van der Waals surface area contributed by atoms with E-state index in [1.807, 2.05) is 11.8 Å². The molecule has 1 saturated heterocycles. The standard InChI is InChI=1S/C17H25N3O5/c1-3-19(12-17(21)22)14-6-8-18(9-7-14)11-13-10-15(20(23)24)4-5-16(13)25-2/h4-5,10,14H,3,6-9,11-12H2,1-2H3,(H,21,22). The Labute approximate surface area is 147 Å². The summed E-state index contributed by atoms with van der Waals surface area (Å²) < 4.78 is 5.32. The quantitative estimate of drug-likeness (QED) is 0.565. The van der Waals surface area contributed by atoms with Gasteiger partial charge in [-0.2, -0.15) is 0 Å². The Hall–Kier alpha value is -2.19. The molecule has 138 valence electrons. The highest BCUT2D eigenvalue weighted by Gasteiger charge is 2.25. The zero-order valence-corrected chi connectivity index (χ0v) is 14.7. The predicted octanol–water partition coefficient (Wildman–Crippen LogP) is 1.97. The summed E-state index contributed by atoms with van der Waals surface area (Å²) in [6.07, 6.45) is 1.77. The van der Waals surface area contributed by atoms with Crippen LogP contribution in [0.4, 0.5) is 5.69 Å². The van der Waals surface area contributed by atoms with Crippen molar-refractivity contribution in [3.05, 3.63) is 33.9 Å². The summed E-state index contributed by atoms with van der Waals surface area (Å²) in [4.78, 5) is 25.8. The van der Waals surface area contributed by atoms with Crippen molar-refractivity contribution >= 4 is 11.7 Å². The molecule has 2 rings (SSSR count). The summed E-state index contributed by atoms with van der Waals surface area (Å²) in [6.45, 7) is 5.00. The number of carboxylic acids is 1. The molecule has 0 bridgehead atoms. The van der Waals surface area contributed by atoms with Gasteiger partial charge in [-0.3, -0.25) is 24.7 Å². The second kappa shape index (κ2) is 8.77. The summed E-state index contributed by atoms with van der Waals surface area (Å²) in [5.74, 6) is -0.153. The van der Waals surface area contributed by atoms with E-state index in [4.69, 9.17) is 9.84 Å². The van der Waals surface area contributed by atoms with E-state index in [-0.39, 0.29) is 18.3 Å². The Bertz CT molecular complexity index is 614. The van der Waals surface area contributed by atoms with Crippen LogP contribution in [0.1, 0.15) is 25.3 Å². The molecule has 1 fully saturated rings. The molecule has 8 heteroatoms. The van der Waals surface area contributed by atoms with Gasteiger partial charge in [0, 0.05) is 30.3 Å². The van der Waals surface area contributed by atoms with Crippen LogP contribution in [0.15, 0.2) is 18.2 Å². The minimum absolute atomic E-state index is 0.0595. The van der Waals surface area contributed by atoms with Crippen molar-refractivity contribution in [1.82, 2.24) is 9.80 Å². The van der Waals surface area contributed by atoms with Crippen molar-refractivity contribution in [2.45, 2.75) is 32.4 Å². The van der Waals surface area contributed by atoms with Crippen molar-refractivity contribution in [2.75, 3.05) is 33.3 Å². The summed E-state index contributed by atoms with van der Waals surface area (Å²) in [6, 6.07) is 4.91. The number of ether oxygens (including phenoxy) is 1. The van der Waals surface area contributed by atoms with Crippen molar-refractivity contribution in [3.8, 4) is 5.75 Å². The first-order valence-electron chi connectivity index (χ1n) is 8.44. The van der Waals surface area contributed by atoms with Crippen LogP contribution in [0.5, 0.6) is 5.75 Å². The Morgan fingerprint density at radius 2 is 2.12 bits per heavy atom. The molecule has 1 N–H and O–H groups in total. The van der Waals surface area contributed by atoms with Crippen LogP contribution in [0, 0.1) is 10.1 Å². The largest absolute Gasteiger partial charge is 0.496 e. The molecule has 0 radical (unpaired) electrons. The zero-order valence-electron chi connectivity index (χ0n) is 14.7. The SMILES string of the molecule is CCN(CC(=O)O)C1CCN(Cc2cc([N+](=O)[O-])ccc2OC)CC1. The van der Waals surface area contributed by atoms with Gasteiger partial charge in [0.15, 0.2) is 0 Å². The highest BCUT2D eigenvalue weighted by Crippen LogP contribution is 2.27. The van der Waals surface area contributed by atoms with E-state index in [9.17, 15) is 14.9 Å². The third kappa shape index (κ3) is 5.14. The van der Waals surface area contributed by atoms with Gasteiger partial charge < -0.3 is 9.84 Å². The Kier molecular flexibility index (Phi) is 6.72. The van der Waals surface area contributed by atoms with Crippen LogP contribution in [-0.2, 0) is 11.3 Å². The van der Waals surface area contributed by atoms with E-state index in [1.165, 1.54) is 6.07 Å². The third-order valence-electron chi connectivity index (χ3n) is 4.69. The van der Waals surface area contributed by atoms with Crippen LogP contribution in [0.25, 0.3) is 0 Å². The fourth-order valence-electron chi connectivity index (χ4n) is 3.36. The monoisotopic (exact) mass is 351 g/mol. The number of likely N-dealkylation sites (N-methyl/N-ethyl adjacent to an activating group) is 1. The van der Waals surface area contributed by atoms with Gasteiger partial charge >= 0.3 is 5.97 Å². The van der Waals surface area contributed by atoms with Gasteiger partial charge in [0.25, 0.3) is 5.69 Å². The van der Waals surface area contributed by atoms with Gasteiger partial charge in [-0.1, -0.05) is 6.92 Å². The maximum absolute atomic E-state index is 11.0. The molecule has 0 amide bonds. The number of carboxylic acid groups (broad SMARTS) is 1. The normalized spacial score (nSPS) is 16.1. The number of rotatable bonds is 8. The van der Waals surface area contributed by atoms with Crippen LogP contribution >= 0.6 is 0 Å². The number of benzene rings is 1. The number of carbonyl (C=O) groups is 1. The smallest absolute Gasteiger partial charge is 0.317 e. The predicted molar refractivity (Wildman–Crippen MR) is 92.8 cm³/mol. The highest BCUT2D eigenvalue weighted by atomic mass is 16.6. The van der Waals surface area contributed by atoms with E-state index >= 15 is 0 Å². The molecule has 1 aromatic rings. The average Bonchev–Trinajstić information content (AvgIpc) is 2.60. The van der Waals surface area contributed by atoms with Crippen molar-refractivity contribution in [3.63, 3.8) is 0 Å². The number of non-ortho nitro benzene ring substituents is 1. The van der Waals surface area contributed by atoms with Gasteiger partial charge in [0.1, 0.15) is 5.75 Å². The Morgan fingerprint density at radius 3 is 2.64 bits per heavy atom. The minimum atomic E-state index is -0.800. The second-order valence-electron chi connectivity index (χ2n) is 6.22. The van der Waals surface area contributed by atoms with Crippen LogP contribution in [-0.4, -0.2) is 65.1 Å². The molecule has 0 aromatic heterocycles. The van der Waals surface area contributed by atoms with Crippen molar-refractivity contribution in [1.29, 1.82) is 0 Å². The average molecular weight is 351 g/mol. The van der Waals surface area contributed by atoms with E-state index in [0.717, 1.165) is 38.0 Å². The Balaban J connectivity index is 1.98. The maximum atomic E-state index is 11.0. The molecule has 1 aromatic carbocycles. The summed E-state index contributed by atoms with van der Waals surface area (Å²) in [5, 5.41) is 20.0. The first-order valence-corrected chi connectivity index (χ1v) is 8.44. The number of aliphatic carboxylic acids is 1. The van der Waals surface area contributed by atoms with Crippen molar-refractivity contribution < 1.29 is 19.6 Å². The molecule has 0 atom stereocenters. The topological polar surface area (TPSA) is 96.2 Å². The lowest BCUT2D eigenvalue weighted by molar-refractivity contribution is -0.385. The molecule has 0 aliphatic carbocycles. The van der Waals surface area contributed by atoms with Crippen LogP contribution in [0.2, 0.25) is 0 Å². The maximum Gasteiger partial charge on any atom is 0.317 e. The van der Waals surface area contributed by atoms with Gasteiger partial charge in [0.05, 0.1) is 18.6 Å². The number of likely N-dealkylation sites (tertiary alicyclic amines) is 1. The number of nitro benzene ring substituents is 1. The van der Waals surface area contributed by atoms with Gasteiger partial charge in [-0.25, -0.2) is 0 Å². The fourth-order valence-corrected chi connectivity index (χ4v) is 3.36. The summed E-state index contributed by atoms with van der Waals surface area (Å²) in [7, 11) is 1.56. The van der Waals surface area contributed by atoms with Gasteiger partial charge in [-0.15, -0.1) is 0 Å². The first-order chi connectivity index (χ1) is 11.9.